The summed E-state index contributed by atoms with van der Waals surface area (Å²) in [7, 11) is -5.26. The number of aryl methyl sites for hydroxylation is 4. The molecule has 724 valence electrons. The van der Waals surface area contributed by atoms with Crippen molar-refractivity contribution in [3.63, 3.8) is 0 Å². The standard InChI is InChI=1S/C144H118O2S3/c1-5-9-13-17-49-95-57-41-71-117-127(103-81-77-91-45-21-25-53-99(91)85-103)107-61-29-33-65-111(107)135(131(95)117)121-89-125-137(115-69-37-39-75-123(115)147-125)143(141(121)139-113-67-35-31-63-109(113)129(105-83-79-93-47-23-27-55-101(93)87-105)119-73-43-59-97(133(119)139)51-19-15-11-7-3)149(145,146)144-138-116-70-38-40-76-124(116)148-126(138)90-122(136-112-66-34-30-62-108(112)128(104-82-78-92-46-22-26-54-100(92)86-104)118-72-42-58-96(132(118)136)50-18-14-10-6-2)142(144)140-114-68-36-32-64-110(114)130(106-84-80-94-48-24-28-56-102(94)88-106)120-74-44-60-98(134(120)140)52-20-16-12-8-4/h21-48,53-90H,5-20,49-52H2,1-4H3. The van der Waals surface area contributed by atoms with Crippen molar-refractivity contribution in [2.75, 3.05) is 0 Å². The van der Waals surface area contributed by atoms with E-state index in [2.05, 4.69) is 428 Å². The molecule has 2 nitrogen and oxygen atoms in total. The average Bonchev–Trinajstić information content (AvgIpc) is 1.67. The van der Waals surface area contributed by atoms with Gasteiger partial charge < -0.3 is 0 Å². The second kappa shape index (κ2) is 39.8. The minimum absolute atomic E-state index is 0.318. The molecule has 149 heavy (non-hydrogen) atoms. The normalized spacial score (nSPS) is 12.2. The fourth-order valence-corrected chi connectivity index (χ4v) is 30.5. The molecule has 0 atom stereocenters. The predicted molar refractivity (Wildman–Crippen MR) is 649 cm³/mol. The van der Waals surface area contributed by atoms with Crippen molar-refractivity contribution in [3.05, 3.63) is 423 Å². The zero-order valence-corrected chi connectivity index (χ0v) is 87.7. The monoisotopic (exact) mass is 1970 g/mol. The molecule has 26 rings (SSSR count). The van der Waals surface area contributed by atoms with Gasteiger partial charge in [-0.15, -0.1) is 22.7 Å². The van der Waals surface area contributed by atoms with E-state index in [-0.39, 0.29) is 0 Å². The first-order valence-electron chi connectivity index (χ1n) is 54.7. The van der Waals surface area contributed by atoms with Crippen molar-refractivity contribution in [1.82, 2.24) is 0 Å². The number of hydrogen-bond donors (Lipinski definition) is 0. The molecule has 0 aliphatic rings. The molecule has 0 fully saturated rings. The fourth-order valence-electron chi connectivity index (χ4n) is 25.9. The van der Waals surface area contributed by atoms with Gasteiger partial charge in [-0.25, -0.2) is 8.42 Å². The van der Waals surface area contributed by atoms with Gasteiger partial charge in [-0.1, -0.05) is 457 Å². The van der Waals surface area contributed by atoms with Crippen LogP contribution in [0.2, 0.25) is 0 Å². The first-order chi connectivity index (χ1) is 73.6. The number of benzene rings is 24. The number of rotatable bonds is 30. The van der Waals surface area contributed by atoms with Crippen molar-refractivity contribution in [3.8, 4) is 89.0 Å². The second-order valence-corrected chi connectivity index (χ2v) is 45.7. The lowest BCUT2D eigenvalue weighted by atomic mass is 9.78. The summed E-state index contributed by atoms with van der Waals surface area (Å²) in [6, 6.07) is 152. The van der Waals surface area contributed by atoms with Crippen LogP contribution in [0, 0.1) is 0 Å². The molecule has 0 amide bonds. The largest absolute Gasteiger partial charge is 0.218 e. The number of sulfone groups is 1. The smallest absolute Gasteiger partial charge is 0.209 e. The van der Waals surface area contributed by atoms with Gasteiger partial charge in [0.1, 0.15) is 0 Å². The van der Waals surface area contributed by atoms with Crippen molar-refractivity contribution >= 4 is 202 Å². The first-order valence-corrected chi connectivity index (χ1v) is 57.8. The minimum Gasteiger partial charge on any atom is -0.218 e. The SMILES string of the molecule is CCCCCCc1cccc2c(-c3ccc4ccccc4c3)c3ccccc3c(-c3cc4sc5ccccc5c4c(S(=O)(=O)c4c(-c5c6ccccc6c(-c6ccc7ccccc7c6)c6cccc(CCCCCC)c56)c(-c5c6ccccc6c(-c6ccc7ccccc7c6)c6cccc(CCCCCC)c56)cc5sc6ccccc6c45)c3-c3c4ccccc4c(-c4ccc5ccccc5c4)c4cccc(CCCCCC)c34)c12. The van der Waals surface area contributed by atoms with Gasteiger partial charge in [-0.3, -0.25) is 0 Å². The zero-order chi connectivity index (χ0) is 99.9. The third-order valence-electron chi connectivity index (χ3n) is 32.7. The second-order valence-electron chi connectivity index (χ2n) is 41.7. The molecule has 26 aromatic rings. The van der Waals surface area contributed by atoms with Crippen LogP contribution in [0.25, 0.3) is 259 Å². The van der Waals surface area contributed by atoms with Crippen molar-refractivity contribution < 1.29 is 8.42 Å². The number of unbranched alkanes of at least 4 members (excludes halogenated alkanes) is 12. The Kier molecular flexibility index (Phi) is 25.0. The maximum Gasteiger partial charge on any atom is 0.209 e. The third-order valence-corrected chi connectivity index (χ3v) is 36.8. The quantitative estimate of drug-likeness (QED) is 0.0332. The third kappa shape index (κ3) is 16.2. The zero-order valence-electron chi connectivity index (χ0n) is 85.3. The summed E-state index contributed by atoms with van der Waals surface area (Å²) in [6.07, 6.45) is 20.0. The van der Waals surface area contributed by atoms with Crippen molar-refractivity contribution in [2.45, 2.75) is 166 Å². The van der Waals surface area contributed by atoms with Crippen LogP contribution in [0.15, 0.2) is 410 Å². The molecule has 0 radical (unpaired) electrons. The highest BCUT2D eigenvalue weighted by atomic mass is 32.2. The van der Waals surface area contributed by atoms with Crippen LogP contribution >= 0.6 is 22.7 Å². The van der Waals surface area contributed by atoms with Crippen molar-refractivity contribution in [1.29, 1.82) is 0 Å². The Hall–Kier alpha value is -15.2. The summed E-state index contributed by atoms with van der Waals surface area (Å²) in [6.45, 7) is 9.27. The van der Waals surface area contributed by atoms with Gasteiger partial charge in [0, 0.05) is 51.5 Å². The Morgan fingerprint density at radius 1 is 0.174 bits per heavy atom. The van der Waals surface area contributed by atoms with E-state index in [0.717, 1.165) is 332 Å². The molecular formula is C144H118O2S3. The van der Waals surface area contributed by atoms with Crippen LogP contribution in [0.3, 0.4) is 0 Å². The van der Waals surface area contributed by atoms with E-state index in [1.807, 2.05) is 0 Å². The van der Waals surface area contributed by atoms with Crippen molar-refractivity contribution in [2.24, 2.45) is 0 Å². The van der Waals surface area contributed by atoms with E-state index >= 15 is 8.42 Å². The highest BCUT2D eigenvalue weighted by molar-refractivity contribution is 7.92. The fraction of sp³-hybridized carbons (Fsp3) is 0.167. The van der Waals surface area contributed by atoms with E-state index in [4.69, 9.17) is 0 Å². The molecule has 0 aliphatic carbocycles. The Balaban J connectivity index is 0.928. The molecule has 0 saturated heterocycles. The molecule has 2 heterocycles. The molecule has 0 spiro atoms. The van der Waals surface area contributed by atoms with Gasteiger partial charge in [-0.2, -0.15) is 0 Å². The van der Waals surface area contributed by atoms with Gasteiger partial charge in [0.2, 0.25) is 9.84 Å². The van der Waals surface area contributed by atoms with Crippen LogP contribution in [0.4, 0.5) is 0 Å². The average molecular weight is 1980 g/mol. The van der Waals surface area contributed by atoms with Gasteiger partial charge in [-0.05, 0) is 329 Å². The maximum atomic E-state index is 21.8. The molecule has 0 N–H and O–H groups in total. The van der Waals surface area contributed by atoms with Crippen LogP contribution < -0.4 is 0 Å². The summed E-state index contributed by atoms with van der Waals surface area (Å²) in [5.74, 6) is 0. The summed E-state index contributed by atoms with van der Waals surface area (Å²) >= 11 is 3.48. The lowest BCUT2D eigenvalue weighted by molar-refractivity contribution is 0.598. The van der Waals surface area contributed by atoms with Gasteiger partial charge in [0.25, 0.3) is 0 Å². The highest BCUT2D eigenvalue weighted by Gasteiger charge is 2.41. The van der Waals surface area contributed by atoms with E-state index in [0.29, 0.717) is 20.9 Å². The summed E-state index contributed by atoms with van der Waals surface area (Å²) in [5.41, 5.74) is 21.1. The summed E-state index contributed by atoms with van der Waals surface area (Å²) in [4.78, 5) is 0.636. The maximum absolute atomic E-state index is 21.8. The number of fused-ring (bicyclic) bond motifs is 18. The van der Waals surface area contributed by atoms with Crippen LogP contribution in [-0.2, 0) is 35.5 Å². The van der Waals surface area contributed by atoms with E-state index in [1.165, 1.54) is 65.7 Å². The predicted octanol–water partition coefficient (Wildman–Crippen LogP) is 42.9. The van der Waals surface area contributed by atoms with E-state index in [9.17, 15) is 0 Å². The Bertz CT molecular complexity index is 9450. The molecular weight excluding hydrogens is 1860 g/mol. The van der Waals surface area contributed by atoms with Gasteiger partial charge in [0.05, 0.1) is 9.79 Å². The van der Waals surface area contributed by atoms with Gasteiger partial charge in [0.15, 0.2) is 0 Å². The first kappa shape index (κ1) is 93.6. The summed E-state index contributed by atoms with van der Waals surface area (Å²) < 4.78 is 47.5. The molecule has 2 aromatic heterocycles. The molecule has 0 aliphatic heterocycles. The Labute approximate surface area is 881 Å². The van der Waals surface area contributed by atoms with Crippen LogP contribution in [-0.4, -0.2) is 8.42 Å². The lowest BCUT2D eigenvalue weighted by Gasteiger charge is -2.28. The minimum atomic E-state index is -5.26. The Morgan fingerprint density at radius 3 is 0.678 bits per heavy atom. The molecule has 0 bridgehead atoms. The lowest BCUT2D eigenvalue weighted by Crippen LogP contribution is -2.11. The highest BCUT2D eigenvalue weighted by Crippen LogP contribution is 2.63. The number of hydrogen-bond acceptors (Lipinski definition) is 4. The molecule has 0 unspecified atom stereocenters. The number of thiophene rings is 2. The van der Waals surface area contributed by atoms with Gasteiger partial charge >= 0.3 is 0 Å². The Morgan fingerprint density at radius 2 is 0.403 bits per heavy atom. The van der Waals surface area contributed by atoms with E-state index < -0.39 is 9.84 Å². The molecule has 0 saturated carbocycles. The van der Waals surface area contributed by atoms with E-state index in [1.54, 1.807) is 22.7 Å². The summed E-state index contributed by atoms with van der Waals surface area (Å²) in [5, 5.41) is 30.0. The molecule has 24 aromatic carbocycles. The topological polar surface area (TPSA) is 34.1 Å². The molecule has 5 heteroatoms. The van der Waals surface area contributed by atoms with Crippen LogP contribution in [0.5, 0.6) is 0 Å². The van der Waals surface area contributed by atoms with Crippen LogP contribution in [0.1, 0.15) is 153 Å².